The molecule has 0 bridgehead atoms. The zero-order valence-electron chi connectivity index (χ0n) is 14.0. The van der Waals surface area contributed by atoms with Crippen molar-refractivity contribution in [3.05, 3.63) is 94.5 Å². The molecule has 3 aromatic rings. The van der Waals surface area contributed by atoms with Crippen molar-refractivity contribution in [3.63, 3.8) is 0 Å². The number of hydrogen-bond donors (Lipinski definition) is 1. The average Bonchev–Trinajstić information content (AvgIpc) is 2.69. The van der Waals surface area contributed by atoms with Gasteiger partial charge in [-0.25, -0.2) is 8.42 Å². The van der Waals surface area contributed by atoms with Crippen LogP contribution in [0.15, 0.2) is 77.7 Å². The molecule has 27 heavy (non-hydrogen) atoms. The molecule has 0 radical (unpaired) electrons. The second-order valence-electron chi connectivity index (χ2n) is 5.63. The monoisotopic (exact) mass is 395 g/mol. The van der Waals surface area contributed by atoms with Crippen LogP contribution in [0.25, 0.3) is 0 Å². The van der Waals surface area contributed by atoms with Crippen molar-refractivity contribution >= 4 is 33.1 Å². The van der Waals surface area contributed by atoms with E-state index >= 15 is 0 Å². The van der Waals surface area contributed by atoms with Crippen molar-refractivity contribution in [2.75, 3.05) is 4.72 Å². The summed E-state index contributed by atoms with van der Waals surface area (Å²) in [6.07, 6.45) is 5.40. The lowest BCUT2D eigenvalue weighted by atomic mass is 10.0. The molecule has 0 spiro atoms. The third-order valence-electron chi connectivity index (χ3n) is 3.84. The molecule has 0 fully saturated rings. The summed E-state index contributed by atoms with van der Waals surface area (Å²) in [6, 6.07) is 19.1. The molecule has 0 amide bonds. The molecule has 3 rings (SSSR count). The van der Waals surface area contributed by atoms with Gasteiger partial charge in [0, 0.05) is 21.7 Å². The SMILES string of the molecule is C#Cc1ccccc1S(=O)(=O)Nc1ccc(Cl)cc1C(=O)c1ccccc1. The van der Waals surface area contributed by atoms with Crippen LogP contribution in [0, 0.1) is 12.3 Å². The number of rotatable bonds is 5. The van der Waals surface area contributed by atoms with Crippen LogP contribution in [0.3, 0.4) is 0 Å². The van der Waals surface area contributed by atoms with Gasteiger partial charge in [0.25, 0.3) is 10.0 Å². The molecular formula is C21H14ClNO3S. The minimum atomic E-state index is -3.99. The molecule has 0 aromatic heterocycles. The van der Waals surface area contributed by atoms with Gasteiger partial charge in [0.15, 0.2) is 5.78 Å². The third-order valence-corrected chi connectivity index (χ3v) is 5.50. The minimum absolute atomic E-state index is 0.0411. The fourth-order valence-corrected chi connectivity index (χ4v) is 3.98. The van der Waals surface area contributed by atoms with E-state index in [4.69, 9.17) is 18.0 Å². The van der Waals surface area contributed by atoms with Crippen LogP contribution in [0.1, 0.15) is 21.5 Å². The summed E-state index contributed by atoms with van der Waals surface area (Å²) in [6.45, 7) is 0. The van der Waals surface area contributed by atoms with Gasteiger partial charge in [-0.3, -0.25) is 9.52 Å². The Bertz CT molecular complexity index is 1150. The Morgan fingerprint density at radius 1 is 0.963 bits per heavy atom. The number of sulfonamides is 1. The number of carbonyl (C=O) groups is 1. The highest BCUT2D eigenvalue weighted by Gasteiger charge is 2.21. The predicted molar refractivity (Wildman–Crippen MR) is 107 cm³/mol. The predicted octanol–water partition coefficient (Wildman–Crippen LogP) is 4.35. The summed E-state index contributed by atoms with van der Waals surface area (Å²) in [7, 11) is -3.99. The Balaban J connectivity index is 2.06. The van der Waals surface area contributed by atoms with Crippen molar-refractivity contribution in [2.24, 2.45) is 0 Å². The van der Waals surface area contributed by atoms with E-state index in [1.54, 1.807) is 42.5 Å². The molecular weight excluding hydrogens is 382 g/mol. The van der Waals surface area contributed by atoms with Gasteiger partial charge >= 0.3 is 0 Å². The maximum absolute atomic E-state index is 12.8. The van der Waals surface area contributed by atoms with Gasteiger partial charge in [0.05, 0.1) is 5.69 Å². The molecule has 0 atom stereocenters. The van der Waals surface area contributed by atoms with Crippen LogP contribution in [0.2, 0.25) is 5.02 Å². The topological polar surface area (TPSA) is 63.2 Å². The smallest absolute Gasteiger partial charge is 0.263 e. The summed E-state index contributed by atoms with van der Waals surface area (Å²) in [4.78, 5) is 12.8. The maximum atomic E-state index is 12.8. The van der Waals surface area contributed by atoms with Crippen molar-refractivity contribution < 1.29 is 13.2 Å². The van der Waals surface area contributed by atoms with E-state index in [0.717, 1.165) is 0 Å². The Labute approximate surface area is 162 Å². The van der Waals surface area contributed by atoms with Gasteiger partial charge in [0.1, 0.15) is 4.90 Å². The van der Waals surface area contributed by atoms with Gasteiger partial charge in [0.2, 0.25) is 0 Å². The van der Waals surface area contributed by atoms with Gasteiger partial charge in [-0.15, -0.1) is 6.42 Å². The lowest BCUT2D eigenvalue weighted by Gasteiger charge is -2.13. The lowest BCUT2D eigenvalue weighted by Crippen LogP contribution is -2.17. The second-order valence-corrected chi connectivity index (χ2v) is 7.72. The molecule has 0 aliphatic heterocycles. The molecule has 0 aliphatic rings. The van der Waals surface area contributed by atoms with E-state index in [1.807, 2.05) is 0 Å². The van der Waals surface area contributed by atoms with Crippen LogP contribution >= 0.6 is 11.6 Å². The Hall–Kier alpha value is -3.07. The van der Waals surface area contributed by atoms with E-state index in [2.05, 4.69) is 10.6 Å². The molecule has 134 valence electrons. The van der Waals surface area contributed by atoms with Crippen molar-refractivity contribution in [2.45, 2.75) is 4.90 Å². The number of anilines is 1. The normalized spacial score (nSPS) is 10.8. The third kappa shape index (κ3) is 4.03. The van der Waals surface area contributed by atoms with E-state index in [0.29, 0.717) is 10.6 Å². The molecule has 0 unspecified atom stereocenters. The first kappa shape index (κ1) is 18.7. The van der Waals surface area contributed by atoms with Gasteiger partial charge < -0.3 is 0 Å². The molecule has 0 heterocycles. The second kappa shape index (κ2) is 7.67. The molecule has 4 nitrogen and oxygen atoms in total. The van der Waals surface area contributed by atoms with Crippen LogP contribution in [0.4, 0.5) is 5.69 Å². The Kier molecular flexibility index (Phi) is 5.31. The fourth-order valence-electron chi connectivity index (χ4n) is 2.56. The summed E-state index contributed by atoms with van der Waals surface area (Å²) < 4.78 is 28.1. The number of carbonyl (C=O) groups excluding carboxylic acids is 1. The first-order valence-corrected chi connectivity index (χ1v) is 9.76. The van der Waals surface area contributed by atoms with Crippen molar-refractivity contribution in [1.29, 1.82) is 0 Å². The van der Waals surface area contributed by atoms with Crippen LogP contribution in [0.5, 0.6) is 0 Å². The highest BCUT2D eigenvalue weighted by atomic mass is 35.5. The largest absolute Gasteiger partial charge is 0.289 e. The zero-order valence-corrected chi connectivity index (χ0v) is 15.6. The number of nitrogens with one attached hydrogen (secondary N) is 1. The molecule has 1 N–H and O–H groups in total. The first-order valence-electron chi connectivity index (χ1n) is 7.90. The van der Waals surface area contributed by atoms with E-state index in [1.165, 1.54) is 30.3 Å². The quantitative estimate of drug-likeness (QED) is 0.516. The molecule has 0 saturated heterocycles. The van der Waals surface area contributed by atoms with E-state index in [-0.39, 0.29) is 27.5 Å². The maximum Gasteiger partial charge on any atom is 0.263 e. The number of benzene rings is 3. The van der Waals surface area contributed by atoms with E-state index in [9.17, 15) is 13.2 Å². The number of terminal acetylenes is 1. The first-order chi connectivity index (χ1) is 12.9. The lowest BCUT2D eigenvalue weighted by molar-refractivity contribution is 0.103. The molecule has 3 aromatic carbocycles. The van der Waals surface area contributed by atoms with Crippen LogP contribution in [-0.2, 0) is 10.0 Å². The summed E-state index contributed by atoms with van der Waals surface area (Å²) in [5.74, 6) is 2.01. The van der Waals surface area contributed by atoms with Crippen LogP contribution in [-0.4, -0.2) is 14.2 Å². The Morgan fingerprint density at radius 3 is 2.33 bits per heavy atom. The minimum Gasteiger partial charge on any atom is -0.289 e. The molecule has 6 heteroatoms. The fraction of sp³-hybridized carbons (Fsp3) is 0. The highest BCUT2D eigenvalue weighted by molar-refractivity contribution is 7.92. The van der Waals surface area contributed by atoms with Crippen LogP contribution < -0.4 is 4.72 Å². The highest BCUT2D eigenvalue weighted by Crippen LogP contribution is 2.27. The van der Waals surface area contributed by atoms with Crippen molar-refractivity contribution in [1.82, 2.24) is 0 Å². The molecule has 0 aliphatic carbocycles. The summed E-state index contributed by atoms with van der Waals surface area (Å²) in [5, 5.41) is 0.321. The van der Waals surface area contributed by atoms with Gasteiger partial charge in [-0.1, -0.05) is 60.0 Å². The number of halogens is 1. The van der Waals surface area contributed by atoms with Crippen molar-refractivity contribution in [3.8, 4) is 12.3 Å². The summed E-state index contributed by atoms with van der Waals surface area (Å²) >= 11 is 6.03. The number of hydrogen-bond acceptors (Lipinski definition) is 3. The van der Waals surface area contributed by atoms with E-state index < -0.39 is 10.0 Å². The Morgan fingerprint density at radius 2 is 1.63 bits per heavy atom. The summed E-state index contributed by atoms with van der Waals surface area (Å²) in [5.41, 5.74) is 0.926. The standard InChI is InChI=1S/C21H14ClNO3S/c1-2-15-8-6-7-11-20(15)27(25,26)23-19-13-12-17(22)14-18(19)21(24)16-9-4-3-5-10-16/h1,3-14,23H. The number of ketones is 1. The zero-order chi connectivity index (χ0) is 19.4. The average molecular weight is 396 g/mol. The van der Waals surface area contributed by atoms with Gasteiger partial charge in [-0.2, -0.15) is 0 Å². The molecule has 0 saturated carbocycles. The van der Waals surface area contributed by atoms with Gasteiger partial charge in [-0.05, 0) is 30.3 Å².